The minimum atomic E-state index is -3.78. The van der Waals surface area contributed by atoms with Gasteiger partial charge >= 0.3 is 0 Å². The fraction of sp³-hybridized carbons (Fsp3) is 0.424. The van der Waals surface area contributed by atoms with Gasteiger partial charge in [-0.25, -0.2) is 17.7 Å². The average Bonchev–Trinajstić information content (AvgIpc) is 3.00. The van der Waals surface area contributed by atoms with Gasteiger partial charge in [-0.1, -0.05) is 18.2 Å². The molecule has 0 spiro atoms. The summed E-state index contributed by atoms with van der Waals surface area (Å²) in [5, 5.41) is 2.40. The van der Waals surface area contributed by atoms with E-state index >= 15 is 0 Å². The number of rotatable bonds is 5. The summed E-state index contributed by atoms with van der Waals surface area (Å²) in [5.41, 5.74) is 15.1. The number of nitrogens with two attached hydrogens (primary N) is 1. The molecule has 0 aliphatic carbocycles. The first-order chi connectivity index (χ1) is 20.0. The van der Waals surface area contributed by atoms with Gasteiger partial charge in [0, 0.05) is 77.8 Å². The van der Waals surface area contributed by atoms with Crippen molar-refractivity contribution in [3.63, 3.8) is 0 Å². The lowest BCUT2D eigenvalue weighted by molar-refractivity contribution is 0.431. The zero-order chi connectivity index (χ0) is 27.7. The van der Waals surface area contributed by atoms with E-state index in [4.69, 9.17) is 10.5 Å². The molecule has 0 fully saturated rings. The Morgan fingerprint density at radius 1 is 0.878 bits per heavy atom. The third-order valence-corrected chi connectivity index (χ3v) is 11.1. The normalized spacial score (nSPS) is 18.7. The van der Waals surface area contributed by atoms with Crippen molar-refractivity contribution in [3.05, 3.63) is 80.4 Å². The third-order valence-electron chi connectivity index (χ3n) is 9.57. The largest absolute Gasteiger partial charge is 0.455 e. The molecule has 0 bridgehead atoms. The molecule has 5 heterocycles. The number of nitrogens with one attached hydrogen (secondary N) is 1. The highest BCUT2D eigenvalue weighted by atomic mass is 32.2. The summed E-state index contributed by atoms with van der Waals surface area (Å²) < 4.78 is 39.7. The molecular weight excluding hydrogens is 532 g/mol. The topological polar surface area (TPSA) is 87.7 Å². The number of sulfonamides is 1. The molecular formula is C33H37N4O3S+. The standard InChI is InChI=1S/C33H37N4O3S/c34-13-14-35-41(38,39)28-12-2-1-9-23(28)29-26-19-21-7-3-15-36-17-5-10-24(30(21)36)32(26)40-33-25-11-6-18-37-16-4-8-22(31(25)37)20-27(29)33/h1-2,9,12,19-20,35H,3-8,10-11,13-18,34H2/q+1. The monoisotopic (exact) mass is 569 g/mol. The quantitative estimate of drug-likeness (QED) is 0.361. The van der Waals surface area contributed by atoms with Gasteiger partial charge in [0.2, 0.25) is 15.4 Å². The lowest BCUT2D eigenvalue weighted by Crippen LogP contribution is -2.45. The van der Waals surface area contributed by atoms with Crippen molar-refractivity contribution in [2.24, 2.45) is 5.73 Å². The lowest BCUT2D eigenvalue weighted by Gasteiger charge is -2.39. The molecule has 3 aromatic carbocycles. The van der Waals surface area contributed by atoms with Crippen LogP contribution in [0.25, 0.3) is 5.57 Å². The Labute approximate surface area is 241 Å². The van der Waals surface area contributed by atoms with E-state index in [1.165, 1.54) is 33.3 Å². The van der Waals surface area contributed by atoms with Crippen LogP contribution in [0.2, 0.25) is 0 Å². The molecule has 41 heavy (non-hydrogen) atoms. The van der Waals surface area contributed by atoms with Gasteiger partial charge in [-0.2, -0.15) is 0 Å². The maximum Gasteiger partial charge on any atom is 0.241 e. The maximum absolute atomic E-state index is 13.7. The predicted octanol–water partition coefficient (Wildman–Crippen LogP) is 2.36. The van der Waals surface area contributed by atoms with Crippen LogP contribution in [-0.2, 0) is 35.7 Å². The van der Waals surface area contributed by atoms with E-state index in [0.717, 1.165) is 111 Å². The van der Waals surface area contributed by atoms with Crippen LogP contribution in [0.1, 0.15) is 59.1 Å². The van der Waals surface area contributed by atoms with Gasteiger partial charge in [0.05, 0.1) is 10.5 Å². The van der Waals surface area contributed by atoms with Crippen molar-refractivity contribution < 1.29 is 13.2 Å². The van der Waals surface area contributed by atoms with Gasteiger partial charge in [0.1, 0.15) is 24.6 Å². The zero-order valence-electron chi connectivity index (χ0n) is 23.5. The van der Waals surface area contributed by atoms with E-state index < -0.39 is 10.0 Å². The van der Waals surface area contributed by atoms with Crippen molar-refractivity contribution in [3.8, 4) is 11.5 Å². The van der Waals surface area contributed by atoms with E-state index in [9.17, 15) is 8.42 Å². The lowest BCUT2D eigenvalue weighted by atomic mass is 9.82. The molecule has 0 saturated heterocycles. The Morgan fingerprint density at radius 3 is 2.49 bits per heavy atom. The second kappa shape index (κ2) is 9.68. The molecule has 7 nitrogen and oxygen atoms in total. The van der Waals surface area contributed by atoms with Crippen molar-refractivity contribution in [1.82, 2.24) is 9.30 Å². The molecule has 5 aliphatic rings. The third kappa shape index (κ3) is 3.91. The average molecular weight is 570 g/mol. The number of nitrogens with zero attached hydrogens (tertiary/aromatic N) is 2. The minimum Gasteiger partial charge on any atom is -0.455 e. The molecule has 0 unspecified atom stereocenters. The fourth-order valence-corrected chi connectivity index (χ4v) is 9.24. The molecule has 8 heteroatoms. The van der Waals surface area contributed by atoms with Gasteiger partial charge in [0.15, 0.2) is 0 Å². The van der Waals surface area contributed by atoms with E-state index in [2.05, 4.69) is 26.3 Å². The number of fused-ring (bicyclic) bond motifs is 4. The summed E-state index contributed by atoms with van der Waals surface area (Å²) in [4.78, 5) is 2.84. The van der Waals surface area contributed by atoms with Crippen molar-refractivity contribution >= 4 is 21.3 Å². The van der Waals surface area contributed by atoms with Crippen LogP contribution in [0, 0.1) is 0 Å². The molecule has 0 amide bonds. The summed E-state index contributed by atoms with van der Waals surface area (Å²) in [5.74, 6) is 1.87. The SMILES string of the molecule is NCCNS(=O)(=O)c1ccccc1C1=c2cc3c4c(c2Oc2c1cc1c5c2CCCN5CCC1)CCC[N+]=4CCC3. The Hall–Kier alpha value is -3.20. The molecule has 0 aromatic heterocycles. The fourth-order valence-electron chi connectivity index (χ4n) is 7.98. The Morgan fingerprint density at radius 2 is 1.63 bits per heavy atom. The van der Waals surface area contributed by atoms with Crippen molar-refractivity contribution in [2.75, 3.05) is 44.2 Å². The highest BCUT2D eigenvalue weighted by Gasteiger charge is 2.36. The van der Waals surface area contributed by atoms with Crippen molar-refractivity contribution in [1.29, 1.82) is 0 Å². The van der Waals surface area contributed by atoms with Crippen LogP contribution in [0.3, 0.4) is 0 Å². The number of ether oxygens (including phenoxy) is 1. The van der Waals surface area contributed by atoms with Gasteiger partial charge in [-0.3, -0.25) is 0 Å². The van der Waals surface area contributed by atoms with Crippen LogP contribution >= 0.6 is 0 Å². The molecule has 0 atom stereocenters. The van der Waals surface area contributed by atoms with Gasteiger partial charge in [-0.15, -0.1) is 0 Å². The Balaban J connectivity index is 1.50. The second-order valence-corrected chi connectivity index (χ2v) is 13.8. The molecule has 3 N–H and O–H groups in total. The number of hydrogen-bond donors (Lipinski definition) is 2. The number of aryl methyl sites for hydroxylation is 2. The molecule has 212 valence electrons. The van der Waals surface area contributed by atoms with Gasteiger partial charge in [0.25, 0.3) is 0 Å². The van der Waals surface area contributed by atoms with E-state index in [-0.39, 0.29) is 13.1 Å². The molecule has 0 saturated carbocycles. The van der Waals surface area contributed by atoms with Gasteiger partial charge < -0.3 is 15.4 Å². The smallest absolute Gasteiger partial charge is 0.241 e. The summed E-state index contributed by atoms with van der Waals surface area (Å²) in [6.45, 7) is 4.81. The molecule has 3 aromatic rings. The van der Waals surface area contributed by atoms with Crippen LogP contribution in [0.15, 0.2) is 41.3 Å². The summed E-state index contributed by atoms with van der Waals surface area (Å²) in [6, 6.07) is 12.1. The first-order valence-electron chi connectivity index (χ1n) is 15.3. The van der Waals surface area contributed by atoms with Crippen LogP contribution in [0.4, 0.5) is 5.69 Å². The second-order valence-electron chi connectivity index (χ2n) is 12.0. The first kappa shape index (κ1) is 25.5. The summed E-state index contributed by atoms with van der Waals surface area (Å²) in [6.07, 6.45) is 8.52. The van der Waals surface area contributed by atoms with Gasteiger partial charge in [-0.05, 0) is 62.3 Å². The van der Waals surface area contributed by atoms with Crippen LogP contribution in [0.5, 0.6) is 11.5 Å². The van der Waals surface area contributed by atoms with E-state index in [1.54, 1.807) is 6.07 Å². The highest BCUT2D eigenvalue weighted by molar-refractivity contribution is 7.89. The maximum atomic E-state index is 13.7. The Kier molecular flexibility index (Phi) is 6.02. The molecule has 5 aliphatic heterocycles. The zero-order valence-corrected chi connectivity index (χ0v) is 24.3. The molecule has 8 rings (SSSR count). The highest BCUT2D eigenvalue weighted by Crippen LogP contribution is 2.49. The van der Waals surface area contributed by atoms with Crippen LogP contribution < -0.4 is 35.2 Å². The predicted molar refractivity (Wildman–Crippen MR) is 161 cm³/mol. The van der Waals surface area contributed by atoms with E-state index in [1.807, 2.05) is 18.2 Å². The Bertz CT molecular complexity index is 1840. The van der Waals surface area contributed by atoms with E-state index in [0.29, 0.717) is 4.90 Å². The number of hydrogen-bond acceptors (Lipinski definition) is 5. The summed E-state index contributed by atoms with van der Waals surface area (Å²) in [7, 11) is -3.78. The molecule has 0 radical (unpaired) electrons. The van der Waals surface area contributed by atoms with Crippen LogP contribution in [-0.4, -0.2) is 47.7 Å². The first-order valence-corrected chi connectivity index (χ1v) is 16.8. The summed E-state index contributed by atoms with van der Waals surface area (Å²) >= 11 is 0. The number of anilines is 1. The minimum absolute atomic E-state index is 0.198. The van der Waals surface area contributed by atoms with Crippen molar-refractivity contribution in [2.45, 2.75) is 56.3 Å². The number of benzene rings is 3.